The summed E-state index contributed by atoms with van der Waals surface area (Å²) >= 11 is 0. The van der Waals surface area contributed by atoms with Crippen LogP contribution in [0.25, 0.3) is 0 Å². The molecular formula is C18H32N2O. The molecule has 0 aliphatic heterocycles. The monoisotopic (exact) mass is 292 g/mol. The van der Waals surface area contributed by atoms with Gasteiger partial charge >= 0.3 is 0 Å². The number of rotatable bonds is 9. The highest BCUT2D eigenvalue weighted by atomic mass is 16.3. The molecule has 1 unspecified atom stereocenters. The topological polar surface area (TPSA) is 35.5 Å². The number of nitrogens with one attached hydrogen (secondary N) is 1. The van der Waals surface area contributed by atoms with E-state index in [1.54, 1.807) is 0 Å². The predicted octanol–water partition coefficient (Wildman–Crippen LogP) is 2.85. The van der Waals surface area contributed by atoms with E-state index in [9.17, 15) is 5.11 Å². The minimum absolute atomic E-state index is 0.112. The van der Waals surface area contributed by atoms with Gasteiger partial charge in [-0.05, 0) is 38.8 Å². The first kappa shape index (κ1) is 18.1. The normalized spacial score (nSPS) is 14.9. The Kier molecular flexibility index (Phi) is 7.36. The highest BCUT2D eigenvalue weighted by Gasteiger charge is 2.30. The van der Waals surface area contributed by atoms with E-state index in [2.05, 4.69) is 50.0 Å². The summed E-state index contributed by atoms with van der Waals surface area (Å²) in [4.78, 5) is 2.50. The van der Waals surface area contributed by atoms with Crippen molar-refractivity contribution in [2.75, 3.05) is 26.7 Å². The maximum atomic E-state index is 9.98. The van der Waals surface area contributed by atoms with Crippen molar-refractivity contribution in [3.63, 3.8) is 0 Å². The molecule has 2 N–H and O–H groups in total. The summed E-state index contributed by atoms with van der Waals surface area (Å²) in [6.07, 6.45) is 0.898. The molecule has 1 aromatic rings. The Labute approximate surface area is 130 Å². The van der Waals surface area contributed by atoms with Gasteiger partial charge in [0.05, 0.1) is 12.1 Å². The number of aliphatic hydroxyl groups is 1. The molecule has 0 aliphatic carbocycles. The van der Waals surface area contributed by atoms with Crippen LogP contribution in [0.4, 0.5) is 0 Å². The van der Waals surface area contributed by atoms with Crippen LogP contribution in [0.1, 0.15) is 39.7 Å². The number of hydrogen-bond donors (Lipinski definition) is 2. The van der Waals surface area contributed by atoms with Crippen molar-refractivity contribution in [3.8, 4) is 0 Å². The van der Waals surface area contributed by atoms with Gasteiger partial charge < -0.3 is 15.3 Å². The van der Waals surface area contributed by atoms with Crippen LogP contribution in [0, 0.1) is 5.92 Å². The highest BCUT2D eigenvalue weighted by Crippen LogP contribution is 2.25. The van der Waals surface area contributed by atoms with Crippen LogP contribution in [-0.2, 0) is 5.54 Å². The van der Waals surface area contributed by atoms with E-state index in [4.69, 9.17) is 0 Å². The molecule has 0 radical (unpaired) electrons. The third kappa shape index (κ3) is 5.10. The summed E-state index contributed by atoms with van der Waals surface area (Å²) in [6.45, 7) is 11.2. The first-order valence-electron chi connectivity index (χ1n) is 8.04. The average molecular weight is 292 g/mol. The van der Waals surface area contributed by atoms with Gasteiger partial charge in [0.2, 0.25) is 0 Å². The molecule has 0 aliphatic rings. The van der Waals surface area contributed by atoms with Gasteiger partial charge in [-0.1, -0.05) is 44.2 Å². The molecule has 3 nitrogen and oxygen atoms in total. The molecule has 1 aromatic carbocycles. The quantitative estimate of drug-likeness (QED) is 0.734. The van der Waals surface area contributed by atoms with Crippen LogP contribution >= 0.6 is 0 Å². The zero-order valence-electron chi connectivity index (χ0n) is 14.3. The third-order valence-electron chi connectivity index (χ3n) is 4.23. The van der Waals surface area contributed by atoms with Gasteiger partial charge in [0.1, 0.15) is 0 Å². The number of nitrogens with zero attached hydrogens (tertiary/aromatic N) is 1. The fraction of sp³-hybridized carbons (Fsp3) is 0.667. The van der Waals surface area contributed by atoms with E-state index in [0.717, 1.165) is 25.1 Å². The van der Waals surface area contributed by atoms with E-state index in [1.807, 2.05) is 25.2 Å². The lowest BCUT2D eigenvalue weighted by atomic mass is 9.87. The van der Waals surface area contributed by atoms with E-state index in [-0.39, 0.29) is 12.1 Å². The van der Waals surface area contributed by atoms with Crippen LogP contribution in [0.2, 0.25) is 0 Å². The second-order valence-corrected chi connectivity index (χ2v) is 6.59. The van der Waals surface area contributed by atoms with E-state index >= 15 is 0 Å². The van der Waals surface area contributed by atoms with Gasteiger partial charge in [-0.2, -0.15) is 0 Å². The van der Waals surface area contributed by atoms with Crippen LogP contribution in [0.15, 0.2) is 30.3 Å². The predicted molar refractivity (Wildman–Crippen MR) is 90.4 cm³/mol. The second kappa shape index (κ2) is 8.52. The smallest absolute Gasteiger partial charge is 0.0678 e. The maximum absolute atomic E-state index is 9.98. The van der Waals surface area contributed by atoms with Crippen LogP contribution in [0.5, 0.6) is 0 Å². The highest BCUT2D eigenvalue weighted by molar-refractivity contribution is 5.24. The zero-order chi connectivity index (χ0) is 15.9. The molecule has 0 heterocycles. The zero-order valence-corrected chi connectivity index (χ0v) is 14.3. The molecule has 120 valence electrons. The molecule has 21 heavy (non-hydrogen) atoms. The Hall–Kier alpha value is -0.900. The van der Waals surface area contributed by atoms with Crippen LogP contribution in [-0.4, -0.2) is 42.8 Å². The largest absolute Gasteiger partial charge is 0.394 e. The summed E-state index contributed by atoms with van der Waals surface area (Å²) in [5, 5.41) is 13.3. The summed E-state index contributed by atoms with van der Waals surface area (Å²) < 4.78 is 0. The molecule has 0 aromatic heterocycles. The van der Waals surface area contributed by atoms with Crippen molar-refractivity contribution in [1.82, 2.24) is 10.2 Å². The minimum atomic E-state index is -0.356. The first-order valence-corrected chi connectivity index (χ1v) is 8.04. The summed E-state index contributed by atoms with van der Waals surface area (Å²) in [7, 11) is 1.94. The van der Waals surface area contributed by atoms with Crippen molar-refractivity contribution in [3.05, 3.63) is 35.9 Å². The standard InChI is InChI=1S/C18H32N2O/c1-15(2)13-20(16(3)4)12-11-18(14-21,19-5)17-9-7-6-8-10-17/h6-10,15-16,19,21H,11-14H2,1-5H3. The van der Waals surface area contributed by atoms with Gasteiger partial charge in [0.25, 0.3) is 0 Å². The summed E-state index contributed by atoms with van der Waals surface area (Å²) in [5.74, 6) is 0.655. The lowest BCUT2D eigenvalue weighted by molar-refractivity contribution is 0.122. The lowest BCUT2D eigenvalue weighted by Gasteiger charge is -2.36. The Morgan fingerprint density at radius 3 is 2.19 bits per heavy atom. The number of aliphatic hydroxyl groups excluding tert-OH is 1. The molecule has 0 spiro atoms. The second-order valence-electron chi connectivity index (χ2n) is 6.59. The Morgan fingerprint density at radius 1 is 1.14 bits per heavy atom. The third-order valence-corrected chi connectivity index (χ3v) is 4.23. The minimum Gasteiger partial charge on any atom is -0.394 e. The average Bonchev–Trinajstić information content (AvgIpc) is 2.48. The number of benzene rings is 1. The maximum Gasteiger partial charge on any atom is 0.0678 e. The molecule has 1 atom stereocenters. The van der Waals surface area contributed by atoms with Crippen molar-refractivity contribution in [2.24, 2.45) is 5.92 Å². The van der Waals surface area contributed by atoms with Gasteiger partial charge in [-0.15, -0.1) is 0 Å². The van der Waals surface area contributed by atoms with Gasteiger partial charge in [-0.3, -0.25) is 0 Å². The molecule has 3 heteroatoms. The SMILES string of the molecule is CNC(CO)(CCN(CC(C)C)C(C)C)c1ccccc1. The van der Waals surface area contributed by atoms with E-state index in [1.165, 1.54) is 0 Å². The first-order chi connectivity index (χ1) is 9.95. The van der Waals surface area contributed by atoms with Crippen molar-refractivity contribution in [2.45, 2.75) is 45.7 Å². The fourth-order valence-corrected chi connectivity index (χ4v) is 2.78. The number of likely N-dealkylation sites (N-methyl/N-ethyl adjacent to an activating group) is 1. The Morgan fingerprint density at radius 2 is 1.76 bits per heavy atom. The molecule has 0 amide bonds. The fourth-order valence-electron chi connectivity index (χ4n) is 2.78. The van der Waals surface area contributed by atoms with Gasteiger partial charge in [0, 0.05) is 19.1 Å². The number of hydrogen-bond acceptors (Lipinski definition) is 3. The Bertz CT molecular complexity index is 385. The van der Waals surface area contributed by atoms with Crippen molar-refractivity contribution in [1.29, 1.82) is 0 Å². The van der Waals surface area contributed by atoms with E-state index < -0.39 is 0 Å². The molecule has 0 fully saturated rings. The van der Waals surface area contributed by atoms with E-state index in [0.29, 0.717) is 12.0 Å². The van der Waals surface area contributed by atoms with Crippen LogP contribution in [0.3, 0.4) is 0 Å². The van der Waals surface area contributed by atoms with Crippen molar-refractivity contribution < 1.29 is 5.11 Å². The van der Waals surface area contributed by atoms with Gasteiger partial charge in [0.15, 0.2) is 0 Å². The summed E-state index contributed by atoms with van der Waals surface area (Å²) in [5.41, 5.74) is 0.800. The lowest BCUT2D eigenvalue weighted by Crippen LogP contribution is -2.47. The van der Waals surface area contributed by atoms with Crippen LogP contribution < -0.4 is 5.32 Å². The van der Waals surface area contributed by atoms with Crippen molar-refractivity contribution >= 4 is 0 Å². The van der Waals surface area contributed by atoms with Gasteiger partial charge in [-0.25, -0.2) is 0 Å². The molecule has 0 bridgehead atoms. The molecule has 1 rings (SSSR count). The molecular weight excluding hydrogens is 260 g/mol. The Balaban J connectivity index is 2.83. The molecule has 0 saturated carbocycles. The summed E-state index contributed by atoms with van der Waals surface area (Å²) in [6, 6.07) is 10.8. The molecule has 0 saturated heterocycles.